The second-order valence-corrected chi connectivity index (χ2v) is 9.83. The smallest absolute Gasteiger partial charge is 0.295 e. The molecule has 194 valence electrons. The van der Waals surface area contributed by atoms with Gasteiger partial charge in [-0.15, -0.1) is 0 Å². The number of amides is 1. The van der Waals surface area contributed by atoms with Crippen molar-refractivity contribution < 1.29 is 24.2 Å². The Balaban J connectivity index is 2.04. The van der Waals surface area contributed by atoms with Crippen molar-refractivity contribution in [2.24, 2.45) is 5.92 Å². The molecule has 7 nitrogen and oxygen atoms in total. The van der Waals surface area contributed by atoms with Gasteiger partial charge in [0.25, 0.3) is 11.7 Å². The summed E-state index contributed by atoms with van der Waals surface area (Å²) >= 11 is 0. The fourth-order valence-electron chi connectivity index (χ4n) is 4.33. The first kappa shape index (κ1) is 27.3. The van der Waals surface area contributed by atoms with Crippen molar-refractivity contribution >= 4 is 17.4 Å². The van der Waals surface area contributed by atoms with E-state index in [1.807, 2.05) is 63.2 Å². The normalized spacial score (nSPS) is 17.3. The van der Waals surface area contributed by atoms with Crippen molar-refractivity contribution in [1.82, 2.24) is 9.80 Å². The minimum Gasteiger partial charge on any atom is -0.507 e. The molecule has 3 rings (SSSR count). The molecule has 0 aromatic heterocycles. The predicted molar refractivity (Wildman–Crippen MR) is 141 cm³/mol. The van der Waals surface area contributed by atoms with E-state index in [2.05, 4.69) is 13.8 Å². The Labute approximate surface area is 214 Å². The maximum absolute atomic E-state index is 13.3. The van der Waals surface area contributed by atoms with Gasteiger partial charge in [0.2, 0.25) is 0 Å². The molecule has 2 aromatic carbocycles. The van der Waals surface area contributed by atoms with E-state index in [1.165, 1.54) is 0 Å². The van der Waals surface area contributed by atoms with Gasteiger partial charge in [-0.05, 0) is 88.3 Å². The van der Waals surface area contributed by atoms with Crippen molar-refractivity contribution in [3.63, 3.8) is 0 Å². The van der Waals surface area contributed by atoms with E-state index in [4.69, 9.17) is 9.47 Å². The molecule has 0 spiro atoms. The van der Waals surface area contributed by atoms with Gasteiger partial charge in [0.15, 0.2) is 0 Å². The zero-order valence-electron chi connectivity index (χ0n) is 22.2. The summed E-state index contributed by atoms with van der Waals surface area (Å²) in [7, 11) is 3.94. The van der Waals surface area contributed by atoms with Crippen LogP contribution in [-0.2, 0) is 9.59 Å². The molecule has 2 aromatic rings. The molecule has 1 saturated heterocycles. The molecule has 36 heavy (non-hydrogen) atoms. The van der Waals surface area contributed by atoms with Gasteiger partial charge < -0.3 is 24.4 Å². The van der Waals surface area contributed by atoms with Crippen molar-refractivity contribution in [2.45, 2.75) is 40.2 Å². The highest BCUT2D eigenvalue weighted by Gasteiger charge is 2.45. The van der Waals surface area contributed by atoms with Crippen LogP contribution in [0.2, 0.25) is 0 Å². The largest absolute Gasteiger partial charge is 0.507 e. The summed E-state index contributed by atoms with van der Waals surface area (Å²) in [4.78, 5) is 30.0. The number of carbonyl (C=O) groups is 2. The fourth-order valence-corrected chi connectivity index (χ4v) is 4.33. The first-order valence-electron chi connectivity index (χ1n) is 12.5. The van der Waals surface area contributed by atoms with Crippen molar-refractivity contribution in [3.8, 4) is 11.5 Å². The number of carbonyl (C=O) groups excluding carboxylic acids is 2. The second-order valence-electron chi connectivity index (χ2n) is 9.83. The summed E-state index contributed by atoms with van der Waals surface area (Å²) in [5.41, 5.74) is 2.12. The third-order valence-electron chi connectivity index (χ3n) is 6.09. The van der Waals surface area contributed by atoms with Crippen molar-refractivity contribution in [2.75, 3.05) is 40.4 Å². The fraction of sp³-hybridized carbons (Fsp3) is 0.448. The van der Waals surface area contributed by atoms with Gasteiger partial charge in [-0.2, -0.15) is 0 Å². The van der Waals surface area contributed by atoms with Crippen LogP contribution < -0.4 is 9.47 Å². The molecular formula is C29H38N2O5. The van der Waals surface area contributed by atoms with E-state index in [0.717, 1.165) is 17.7 Å². The first-order chi connectivity index (χ1) is 17.1. The third kappa shape index (κ3) is 6.26. The van der Waals surface area contributed by atoms with Gasteiger partial charge in [-0.3, -0.25) is 9.59 Å². The van der Waals surface area contributed by atoms with Gasteiger partial charge in [-0.1, -0.05) is 26.0 Å². The number of ether oxygens (including phenoxy) is 2. The molecule has 0 bridgehead atoms. The Hall–Kier alpha value is -3.32. The molecule has 0 radical (unpaired) electrons. The summed E-state index contributed by atoms with van der Waals surface area (Å²) in [6.07, 6.45) is 0.703. The van der Waals surface area contributed by atoms with Crippen LogP contribution in [0.4, 0.5) is 0 Å². The first-order valence-corrected chi connectivity index (χ1v) is 12.5. The molecule has 1 N–H and O–H groups in total. The number of benzene rings is 2. The lowest BCUT2D eigenvalue weighted by atomic mass is 9.93. The van der Waals surface area contributed by atoms with E-state index in [9.17, 15) is 14.7 Å². The average Bonchev–Trinajstić information content (AvgIpc) is 3.08. The van der Waals surface area contributed by atoms with Crippen molar-refractivity contribution in [1.29, 1.82) is 0 Å². The van der Waals surface area contributed by atoms with E-state index in [0.29, 0.717) is 49.2 Å². The van der Waals surface area contributed by atoms with Crippen LogP contribution in [0.15, 0.2) is 48.0 Å². The second kappa shape index (κ2) is 12.1. The predicted octanol–water partition coefficient (Wildman–Crippen LogP) is 4.80. The molecule has 7 heteroatoms. The Kier molecular flexibility index (Phi) is 9.15. The summed E-state index contributed by atoms with van der Waals surface area (Å²) in [5, 5.41) is 11.4. The average molecular weight is 495 g/mol. The van der Waals surface area contributed by atoms with Gasteiger partial charge >= 0.3 is 0 Å². The summed E-state index contributed by atoms with van der Waals surface area (Å²) < 4.78 is 11.4. The quantitative estimate of drug-likeness (QED) is 0.275. The van der Waals surface area contributed by atoms with Crippen LogP contribution in [0.1, 0.15) is 49.9 Å². The van der Waals surface area contributed by atoms with E-state index in [1.54, 1.807) is 17.0 Å². The molecule has 1 amide bonds. The van der Waals surface area contributed by atoms with Crippen molar-refractivity contribution in [3.05, 3.63) is 64.7 Å². The third-order valence-corrected chi connectivity index (χ3v) is 6.09. The van der Waals surface area contributed by atoms with Crippen LogP contribution >= 0.6 is 0 Å². The number of nitrogens with zero attached hydrogens (tertiary/aromatic N) is 2. The maximum Gasteiger partial charge on any atom is 0.295 e. The molecule has 0 aliphatic carbocycles. The zero-order valence-corrected chi connectivity index (χ0v) is 22.2. The molecule has 1 heterocycles. The molecule has 1 atom stereocenters. The molecule has 1 aliphatic heterocycles. The van der Waals surface area contributed by atoms with Crippen LogP contribution in [0.3, 0.4) is 0 Å². The number of aryl methyl sites for hydroxylation is 1. The minimum absolute atomic E-state index is 0.105. The molecule has 1 aliphatic rings. The highest BCUT2D eigenvalue weighted by atomic mass is 16.5. The number of rotatable bonds is 11. The number of Topliss-reactive ketones (excluding diaryl/α,β-unsaturated/α-hetero) is 1. The highest BCUT2D eigenvalue weighted by molar-refractivity contribution is 6.46. The number of hydrogen-bond donors (Lipinski definition) is 1. The lowest BCUT2D eigenvalue weighted by molar-refractivity contribution is -0.139. The number of ketones is 1. The highest BCUT2D eigenvalue weighted by Crippen LogP contribution is 2.40. The lowest BCUT2D eigenvalue weighted by Crippen LogP contribution is -2.32. The van der Waals surface area contributed by atoms with Crippen LogP contribution in [0.5, 0.6) is 11.5 Å². The number of aliphatic hydroxyl groups is 1. The van der Waals surface area contributed by atoms with Crippen LogP contribution in [0.25, 0.3) is 5.76 Å². The summed E-state index contributed by atoms with van der Waals surface area (Å²) in [6.45, 7) is 10.2. The molecule has 1 unspecified atom stereocenters. The number of likely N-dealkylation sites (tertiary alicyclic amines) is 1. The van der Waals surface area contributed by atoms with E-state index < -0.39 is 17.7 Å². The van der Waals surface area contributed by atoms with E-state index >= 15 is 0 Å². The van der Waals surface area contributed by atoms with Crippen LogP contribution in [0, 0.1) is 12.8 Å². The summed E-state index contributed by atoms with van der Waals surface area (Å²) in [6, 6.07) is 12.0. The van der Waals surface area contributed by atoms with Gasteiger partial charge in [0.05, 0.1) is 24.8 Å². The van der Waals surface area contributed by atoms with Gasteiger partial charge in [0.1, 0.15) is 17.3 Å². The van der Waals surface area contributed by atoms with Crippen LogP contribution in [-0.4, -0.2) is 67.0 Å². The standard InChI is InChI=1S/C29H38N2O5/c1-7-35-22-11-9-21(10-12-22)26-25(28(33)29(34)31(26)16-8-15-30(5)6)27(32)24-14-13-23(17-20(24)4)36-18-19(2)3/h9-14,17,19,26,32H,7-8,15-16,18H2,1-6H3. The topological polar surface area (TPSA) is 79.3 Å². The van der Waals surface area contributed by atoms with Gasteiger partial charge in [0, 0.05) is 12.1 Å². The lowest BCUT2D eigenvalue weighted by Gasteiger charge is -2.26. The molecular weight excluding hydrogens is 456 g/mol. The van der Waals surface area contributed by atoms with Gasteiger partial charge in [-0.25, -0.2) is 0 Å². The Bertz CT molecular complexity index is 1110. The summed E-state index contributed by atoms with van der Waals surface area (Å²) in [5.74, 6) is 0.356. The maximum atomic E-state index is 13.3. The zero-order chi connectivity index (χ0) is 26.4. The minimum atomic E-state index is -0.681. The molecule has 1 fully saturated rings. The molecule has 0 saturated carbocycles. The number of hydrogen-bond acceptors (Lipinski definition) is 6. The Morgan fingerprint density at radius 1 is 1.06 bits per heavy atom. The monoisotopic (exact) mass is 494 g/mol. The van der Waals surface area contributed by atoms with E-state index in [-0.39, 0.29) is 11.3 Å². The Morgan fingerprint density at radius 3 is 2.31 bits per heavy atom. The Morgan fingerprint density at radius 2 is 1.72 bits per heavy atom. The number of aliphatic hydroxyl groups excluding tert-OH is 1. The SMILES string of the molecule is CCOc1ccc(C2C(=C(O)c3ccc(OCC(C)C)cc3C)C(=O)C(=O)N2CCCN(C)C)cc1.